The topological polar surface area (TPSA) is 58.6 Å². The van der Waals surface area contributed by atoms with Gasteiger partial charge in [-0.3, -0.25) is 9.59 Å². The fraction of sp³-hybridized carbons (Fsp3) is 0.467. The van der Waals surface area contributed by atoms with Crippen LogP contribution in [0.4, 0.5) is 0 Å². The first-order chi connectivity index (χ1) is 9.61. The molecular formula is C15H20N2O3. The standard InChI is InChI=1S/C15H20N2O3/c1-16-14(18)12-7-5-11(6-8-12)10-17(2)15(19)13-4-3-9-20-13/h5-8,13H,3-4,9-10H2,1-2H3,(H,16,18). The van der Waals surface area contributed by atoms with Crippen LogP contribution < -0.4 is 5.32 Å². The summed E-state index contributed by atoms with van der Waals surface area (Å²) in [5, 5.41) is 2.58. The number of nitrogens with zero attached hydrogens (tertiary/aromatic N) is 1. The maximum absolute atomic E-state index is 12.1. The fourth-order valence-corrected chi connectivity index (χ4v) is 2.28. The average molecular weight is 276 g/mol. The van der Waals surface area contributed by atoms with Gasteiger partial charge in [0, 0.05) is 32.8 Å². The molecule has 5 heteroatoms. The molecular weight excluding hydrogens is 256 g/mol. The number of carbonyl (C=O) groups is 2. The van der Waals surface area contributed by atoms with Gasteiger partial charge in [0.05, 0.1) is 0 Å². The van der Waals surface area contributed by atoms with Crippen LogP contribution in [0.2, 0.25) is 0 Å². The lowest BCUT2D eigenvalue weighted by Crippen LogP contribution is -2.35. The number of nitrogens with one attached hydrogen (secondary N) is 1. The van der Waals surface area contributed by atoms with Crippen molar-refractivity contribution in [3.8, 4) is 0 Å². The molecule has 1 aromatic rings. The average Bonchev–Trinajstić information content (AvgIpc) is 3.00. The van der Waals surface area contributed by atoms with E-state index >= 15 is 0 Å². The summed E-state index contributed by atoms with van der Waals surface area (Å²) in [6.07, 6.45) is 1.47. The van der Waals surface area contributed by atoms with Crippen LogP contribution in [-0.4, -0.2) is 43.5 Å². The summed E-state index contributed by atoms with van der Waals surface area (Å²) >= 11 is 0. The van der Waals surface area contributed by atoms with Gasteiger partial charge in [-0.2, -0.15) is 0 Å². The Bertz CT molecular complexity index is 478. The van der Waals surface area contributed by atoms with Crippen LogP contribution in [0.1, 0.15) is 28.8 Å². The smallest absolute Gasteiger partial charge is 0.251 e. The van der Waals surface area contributed by atoms with Crippen LogP contribution in [0.25, 0.3) is 0 Å². The highest BCUT2D eigenvalue weighted by Crippen LogP contribution is 2.15. The molecule has 1 heterocycles. The highest BCUT2D eigenvalue weighted by molar-refractivity contribution is 5.93. The zero-order valence-corrected chi connectivity index (χ0v) is 11.9. The predicted octanol–water partition coefficient (Wildman–Crippen LogP) is 1.18. The van der Waals surface area contributed by atoms with Crippen LogP contribution in [0.15, 0.2) is 24.3 Å². The molecule has 20 heavy (non-hydrogen) atoms. The summed E-state index contributed by atoms with van der Waals surface area (Å²) in [5.74, 6) is -0.0850. The second-order valence-electron chi connectivity index (χ2n) is 4.97. The number of benzene rings is 1. The van der Waals surface area contributed by atoms with Crippen LogP contribution in [0.3, 0.4) is 0 Å². The Balaban J connectivity index is 1.95. The monoisotopic (exact) mass is 276 g/mol. The van der Waals surface area contributed by atoms with Gasteiger partial charge in [-0.05, 0) is 30.5 Å². The lowest BCUT2D eigenvalue weighted by molar-refractivity contribution is -0.140. The van der Waals surface area contributed by atoms with Gasteiger partial charge in [-0.1, -0.05) is 12.1 Å². The molecule has 1 aliphatic rings. The van der Waals surface area contributed by atoms with Gasteiger partial charge in [-0.25, -0.2) is 0 Å². The van der Waals surface area contributed by atoms with Gasteiger partial charge in [-0.15, -0.1) is 0 Å². The molecule has 0 spiro atoms. The van der Waals surface area contributed by atoms with Crippen molar-refractivity contribution in [2.75, 3.05) is 20.7 Å². The van der Waals surface area contributed by atoms with Crippen LogP contribution in [0.5, 0.6) is 0 Å². The fourth-order valence-electron chi connectivity index (χ4n) is 2.28. The SMILES string of the molecule is CNC(=O)c1ccc(CN(C)C(=O)C2CCCO2)cc1. The van der Waals surface area contributed by atoms with E-state index in [0.29, 0.717) is 18.7 Å². The van der Waals surface area contributed by atoms with Crippen LogP contribution in [-0.2, 0) is 16.1 Å². The zero-order chi connectivity index (χ0) is 14.5. The molecule has 1 aromatic carbocycles. The molecule has 2 rings (SSSR count). The second kappa shape index (κ2) is 6.52. The lowest BCUT2D eigenvalue weighted by atomic mass is 10.1. The first kappa shape index (κ1) is 14.5. The molecule has 1 saturated heterocycles. The van der Waals surface area contributed by atoms with Gasteiger partial charge in [0.15, 0.2) is 0 Å². The lowest BCUT2D eigenvalue weighted by Gasteiger charge is -2.20. The molecule has 0 aromatic heterocycles. The summed E-state index contributed by atoms with van der Waals surface area (Å²) in [6, 6.07) is 7.25. The normalized spacial score (nSPS) is 17.8. The predicted molar refractivity (Wildman–Crippen MR) is 75.3 cm³/mol. The molecule has 1 aliphatic heterocycles. The van der Waals surface area contributed by atoms with E-state index in [9.17, 15) is 9.59 Å². The number of amides is 2. The molecule has 1 fully saturated rings. The van der Waals surface area contributed by atoms with Crippen molar-refractivity contribution in [3.05, 3.63) is 35.4 Å². The van der Waals surface area contributed by atoms with Gasteiger partial charge in [0.2, 0.25) is 0 Å². The minimum absolute atomic E-state index is 0.0258. The third kappa shape index (κ3) is 3.36. The van der Waals surface area contributed by atoms with Gasteiger partial charge >= 0.3 is 0 Å². The first-order valence-electron chi connectivity index (χ1n) is 6.79. The van der Waals surface area contributed by atoms with E-state index in [2.05, 4.69) is 5.32 Å². The van der Waals surface area contributed by atoms with E-state index in [0.717, 1.165) is 18.4 Å². The van der Waals surface area contributed by atoms with E-state index in [-0.39, 0.29) is 17.9 Å². The second-order valence-corrected chi connectivity index (χ2v) is 4.97. The molecule has 2 amide bonds. The molecule has 0 saturated carbocycles. The Hall–Kier alpha value is -1.88. The summed E-state index contributed by atoms with van der Waals surface area (Å²) in [7, 11) is 3.38. The highest BCUT2D eigenvalue weighted by atomic mass is 16.5. The maximum Gasteiger partial charge on any atom is 0.251 e. The first-order valence-corrected chi connectivity index (χ1v) is 6.79. The third-order valence-corrected chi connectivity index (χ3v) is 3.44. The minimum Gasteiger partial charge on any atom is -0.368 e. The van der Waals surface area contributed by atoms with E-state index in [4.69, 9.17) is 4.74 Å². The zero-order valence-electron chi connectivity index (χ0n) is 11.9. The Morgan fingerprint density at radius 2 is 2.05 bits per heavy atom. The van der Waals surface area contributed by atoms with Gasteiger partial charge in [0.25, 0.3) is 11.8 Å². The molecule has 108 valence electrons. The minimum atomic E-state index is -0.287. The molecule has 5 nitrogen and oxygen atoms in total. The summed E-state index contributed by atoms with van der Waals surface area (Å²) in [5.41, 5.74) is 1.61. The molecule has 1 atom stereocenters. The molecule has 0 bridgehead atoms. The van der Waals surface area contributed by atoms with Crippen molar-refractivity contribution in [3.63, 3.8) is 0 Å². The maximum atomic E-state index is 12.1. The molecule has 0 radical (unpaired) electrons. The Morgan fingerprint density at radius 1 is 1.35 bits per heavy atom. The van der Waals surface area contributed by atoms with Crippen molar-refractivity contribution < 1.29 is 14.3 Å². The van der Waals surface area contributed by atoms with E-state index in [1.165, 1.54) is 0 Å². The highest BCUT2D eigenvalue weighted by Gasteiger charge is 2.26. The Labute approximate surface area is 118 Å². The number of ether oxygens (including phenoxy) is 1. The number of hydrogen-bond donors (Lipinski definition) is 1. The van der Waals surface area contributed by atoms with E-state index in [1.807, 2.05) is 12.1 Å². The Kier molecular flexibility index (Phi) is 4.74. The number of hydrogen-bond acceptors (Lipinski definition) is 3. The third-order valence-electron chi connectivity index (χ3n) is 3.44. The van der Waals surface area contributed by atoms with Crippen molar-refractivity contribution >= 4 is 11.8 Å². The van der Waals surface area contributed by atoms with Crippen molar-refractivity contribution in [1.82, 2.24) is 10.2 Å². The largest absolute Gasteiger partial charge is 0.368 e. The van der Waals surface area contributed by atoms with E-state index < -0.39 is 0 Å². The molecule has 0 aliphatic carbocycles. The van der Waals surface area contributed by atoms with Crippen molar-refractivity contribution in [2.45, 2.75) is 25.5 Å². The number of carbonyl (C=O) groups excluding carboxylic acids is 2. The van der Waals surface area contributed by atoms with Crippen molar-refractivity contribution in [2.24, 2.45) is 0 Å². The van der Waals surface area contributed by atoms with E-state index in [1.54, 1.807) is 31.1 Å². The van der Waals surface area contributed by atoms with Gasteiger partial charge in [0.1, 0.15) is 6.10 Å². The van der Waals surface area contributed by atoms with Gasteiger partial charge < -0.3 is 15.0 Å². The molecule has 1 N–H and O–H groups in total. The van der Waals surface area contributed by atoms with Crippen molar-refractivity contribution in [1.29, 1.82) is 0 Å². The summed E-state index contributed by atoms with van der Waals surface area (Å²) in [6.45, 7) is 1.19. The number of rotatable bonds is 4. The molecule has 1 unspecified atom stereocenters. The Morgan fingerprint density at radius 3 is 2.60 bits per heavy atom. The van der Waals surface area contributed by atoms with Crippen LogP contribution >= 0.6 is 0 Å². The summed E-state index contributed by atoms with van der Waals surface area (Å²) in [4.78, 5) is 25.2. The number of likely N-dealkylation sites (N-methyl/N-ethyl adjacent to an activating group) is 1. The summed E-state index contributed by atoms with van der Waals surface area (Å²) < 4.78 is 5.39. The van der Waals surface area contributed by atoms with Crippen LogP contribution in [0, 0.1) is 0 Å². The quantitative estimate of drug-likeness (QED) is 0.898.